The Hall–Kier alpha value is -4.07. The fourth-order valence-corrected chi connectivity index (χ4v) is 3.43. The molecule has 0 saturated heterocycles. The molecule has 7 nitrogen and oxygen atoms in total. The van der Waals surface area contributed by atoms with E-state index in [9.17, 15) is 4.39 Å². The molecule has 0 saturated carbocycles. The van der Waals surface area contributed by atoms with Crippen molar-refractivity contribution in [1.29, 1.82) is 0 Å². The number of fused-ring (bicyclic) bond motifs is 1. The average molecular weight is 399 g/mol. The van der Waals surface area contributed by atoms with Gasteiger partial charge in [0.05, 0.1) is 12.2 Å². The number of halogens is 1. The molecule has 5 rings (SSSR count). The highest BCUT2D eigenvalue weighted by atomic mass is 19.1. The molecule has 1 aromatic carbocycles. The Morgan fingerprint density at radius 2 is 1.70 bits per heavy atom. The van der Waals surface area contributed by atoms with Crippen LogP contribution in [0.25, 0.3) is 27.9 Å². The Morgan fingerprint density at radius 1 is 0.933 bits per heavy atom. The van der Waals surface area contributed by atoms with E-state index in [2.05, 4.69) is 26.2 Å². The molecule has 0 radical (unpaired) electrons. The molecule has 0 fully saturated rings. The van der Waals surface area contributed by atoms with Gasteiger partial charge >= 0.3 is 0 Å². The lowest BCUT2D eigenvalue weighted by atomic mass is 10.0. The van der Waals surface area contributed by atoms with Crippen LogP contribution in [0.15, 0.2) is 73.4 Å². The minimum absolute atomic E-state index is 0.0173. The second kappa shape index (κ2) is 7.07. The number of anilines is 1. The molecule has 4 heterocycles. The van der Waals surface area contributed by atoms with Crippen molar-refractivity contribution in [2.45, 2.75) is 13.0 Å². The third kappa shape index (κ3) is 3.28. The molecule has 30 heavy (non-hydrogen) atoms. The summed E-state index contributed by atoms with van der Waals surface area (Å²) in [5.74, 6) is -0.0105. The van der Waals surface area contributed by atoms with Crippen LogP contribution in [0, 0.1) is 5.82 Å². The lowest BCUT2D eigenvalue weighted by molar-refractivity contribution is 0.561. The van der Waals surface area contributed by atoms with Gasteiger partial charge in [0.25, 0.3) is 0 Å². The van der Waals surface area contributed by atoms with Crippen LogP contribution in [0.3, 0.4) is 0 Å². The number of pyridine rings is 2. The Morgan fingerprint density at radius 3 is 2.50 bits per heavy atom. The first-order chi connectivity index (χ1) is 14.6. The average Bonchev–Trinajstić information content (AvgIpc) is 3.39. The number of nitrogens with two attached hydrogens (primary N) is 1. The molecule has 2 N–H and O–H groups in total. The van der Waals surface area contributed by atoms with Crippen molar-refractivity contribution in [3.05, 3.63) is 84.8 Å². The number of nitrogens with zero attached hydrogens (tertiary/aromatic N) is 6. The Bertz CT molecular complexity index is 1340. The molecular formula is C22H18FN7. The molecule has 0 aliphatic carbocycles. The van der Waals surface area contributed by atoms with E-state index < -0.39 is 0 Å². The Labute approximate surface area is 171 Å². The monoisotopic (exact) mass is 399 g/mol. The topological polar surface area (TPSA) is 86.9 Å². The van der Waals surface area contributed by atoms with Gasteiger partial charge in [0.15, 0.2) is 5.65 Å². The van der Waals surface area contributed by atoms with Gasteiger partial charge in [-0.3, -0.25) is 9.67 Å². The van der Waals surface area contributed by atoms with E-state index in [1.165, 1.54) is 12.1 Å². The van der Waals surface area contributed by atoms with Gasteiger partial charge in [0, 0.05) is 41.5 Å². The van der Waals surface area contributed by atoms with Gasteiger partial charge in [-0.05, 0) is 48.4 Å². The second-order valence-corrected chi connectivity index (χ2v) is 7.09. The standard InChI is InChI=1S/C22H18FN7/c1-14(15-2-4-20(23)5-3-15)30-13-19(12-26-30)18-8-17(10-25-11-18)16-6-7-29-21(9-16)27-22(24)28-29/h2-14H,1H3,(H2,24,28). The van der Waals surface area contributed by atoms with Gasteiger partial charge in [-0.25, -0.2) is 8.91 Å². The normalized spacial score (nSPS) is 12.3. The molecule has 0 bridgehead atoms. The van der Waals surface area contributed by atoms with Crippen molar-refractivity contribution in [2.24, 2.45) is 0 Å². The van der Waals surface area contributed by atoms with Crippen molar-refractivity contribution in [1.82, 2.24) is 29.4 Å². The highest BCUT2D eigenvalue weighted by Gasteiger charge is 2.12. The summed E-state index contributed by atoms with van der Waals surface area (Å²) < 4.78 is 16.7. The SMILES string of the molecule is CC(c1ccc(F)cc1)n1cc(-c2cncc(-c3ccn4nc(N)nc4c3)c2)cn1. The van der Waals surface area contributed by atoms with Gasteiger partial charge in [-0.2, -0.15) is 10.1 Å². The van der Waals surface area contributed by atoms with E-state index in [0.717, 1.165) is 27.8 Å². The summed E-state index contributed by atoms with van der Waals surface area (Å²) in [6, 6.07) is 12.4. The van der Waals surface area contributed by atoms with Crippen LogP contribution < -0.4 is 5.73 Å². The summed E-state index contributed by atoms with van der Waals surface area (Å²) in [7, 11) is 0. The number of benzene rings is 1. The van der Waals surface area contributed by atoms with E-state index in [4.69, 9.17) is 5.73 Å². The van der Waals surface area contributed by atoms with Gasteiger partial charge in [-0.1, -0.05) is 12.1 Å². The molecule has 148 valence electrons. The highest BCUT2D eigenvalue weighted by molar-refractivity contribution is 5.73. The van der Waals surface area contributed by atoms with E-state index in [-0.39, 0.29) is 17.8 Å². The summed E-state index contributed by atoms with van der Waals surface area (Å²) >= 11 is 0. The number of nitrogen functional groups attached to an aromatic ring is 1. The molecule has 0 aliphatic rings. The fraction of sp³-hybridized carbons (Fsp3) is 0.0909. The lowest BCUT2D eigenvalue weighted by Crippen LogP contribution is -2.06. The molecule has 0 aliphatic heterocycles. The number of rotatable bonds is 4. The third-order valence-corrected chi connectivity index (χ3v) is 5.11. The highest BCUT2D eigenvalue weighted by Crippen LogP contribution is 2.27. The largest absolute Gasteiger partial charge is 0.366 e. The lowest BCUT2D eigenvalue weighted by Gasteiger charge is -2.12. The maximum absolute atomic E-state index is 13.2. The van der Waals surface area contributed by atoms with E-state index >= 15 is 0 Å². The van der Waals surface area contributed by atoms with Crippen LogP contribution in [0.5, 0.6) is 0 Å². The quantitative estimate of drug-likeness (QED) is 0.494. The minimum Gasteiger partial charge on any atom is -0.366 e. The van der Waals surface area contributed by atoms with E-state index in [1.807, 2.05) is 42.3 Å². The van der Waals surface area contributed by atoms with Crippen LogP contribution in [0.4, 0.5) is 10.3 Å². The Balaban J connectivity index is 1.46. The smallest absolute Gasteiger partial charge is 0.240 e. The van der Waals surface area contributed by atoms with Crippen LogP contribution in [-0.2, 0) is 0 Å². The summed E-state index contributed by atoms with van der Waals surface area (Å²) in [5.41, 5.74) is 11.2. The van der Waals surface area contributed by atoms with Crippen LogP contribution in [0.1, 0.15) is 18.5 Å². The zero-order chi connectivity index (χ0) is 20.7. The molecular weight excluding hydrogens is 381 g/mol. The number of hydrogen-bond acceptors (Lipinski definition) is 5. The van der Waals surface area contributed by atoms with Crippen LogP contribution in [0.2, 0.25) is 0 Å². The fourth-order valence-electron chi connectivity index (χ4n) is 3.43. The third-order valence-electron chi connectivity index (χ3n) is 5.11. The van der Waals surface area contributed by atoms with E-state index in [1.54, 1.807) is 29.0 Å². The maximum Gasteiger partial charge on any atom is 0.240 e. The molecule has 0 amide bonds. The molecule has 1 atom stereocenters. The van der Waals surface area contributed by atoms with Gasteiger partial charge < -0.3 is 5.73 Å². The predicted octanol–water partition coefficient (Wildman–Crippen LogP) is 3.99. The minimum atomic E-state index is -0.248. The van der Waals surface area contributed by atoms with Crippen molar-refractivity contribution >= 4 is 11.6 Å². The predicted molar refractivity (Wildman–Crippen MR) is 112 cm³/mol. The molecule has 8 heteroatoms. The molecule has 4 aromatic heterocycles. The molecule has 1 unspecified atom stereocenters. The van der Waals surface area contributed by atoms with Crippen LogP contribution >= 0.6 is 0 Å². The van der Waals surface area contributed by atoms with E-state index in [0.29, 0.717) is 5.65 Å². The summed E-state index contributed by atoms with van der Waals surface area (Å²) in [6.45, 7) is 2.03. The zero-order valence-electron chi connectivity index (χ0n) is 16.1. The first-order valence-electron chi connectivity index (χ1n) is 9.44. The maximum atomic E-state index is 13.2. The van der Waals surface area contributed by atoms with Crippen molar-refractivity contribution in [2.75, 3.05) is 5.73 Å². The summed E-state index contributed by atoms with van der Waals surface area (Å²) in [6.07, 6.45) is 9.21. The number of aromatic nitrogens is 6. The molecule has 0 spiro atoms. The first-order valence-corrected chi connectivity index (χ1v) is 9.44. The Kier molecular flexibility index (Phi) is 4.24. The second-order valence-electron chi connectivity index (χ2n) is 7.09. The summed E-state index contributed by atoms with van der Waals surface area (Å²) in [5, 5.41) is 8.59. The summed E-state index contributed by atoms with van der Waals surface area (Å²) in [4.78, 5) is 8.61. The van der Waals surface area contributed by atoms with Crippen LogP contribution in [-0.4, -0.2) is 29.4 Å². The van der Waals surface area contributed by atoms with Crippen molar-refractivity contribution in [3.8, 4) is 22.3 Å². The van der Waals surface area contributed by atoms with Gasteiger partial charge in [-0.15, -0.1) is 5.10 Å². The van der Waals surface area contributed by atoms with Gasteiger partial charge in [0.1, 0.15) is 5.82 Å². The first kappa shape index (κ1) is 18.0. The van der Waals surface area contributed by atoms with Gasteiger partial charge in [0.2, 0.25) is 5.95 Å². The molecule has 5 aromatic rings. The number of hydrogen-bond donors (Lipinski definition) is 1. The van der Waals surface area contributed by atoms with Crippen molar-refractivity contribution < 1.29 is 4.39 Å². The van der Waals surface area contributed by atoms with Crippen molar-refractivity contribution in [3.63, 3.8) is 0 Å². The zero-order valence-corrected chi connectivity index (χ0v) is 16.1.